The Morgan fingerprint density at radius 3 is 2.87 bits per heavy atom. The number of hydrogen-bond donors (Lipinski definition) is 1. The quantitative estimate of drug-likeness (QED) is 0.744. The highest BCUT2D eigenvalue weighted by Gasteiger charge is 2.09. The highest BCUT2D eigenvalue weighted by molar-refractivity contribution is 5.75. The Morgan fingerprint density at radius 2 is 2.04 bits per heavy atom. The zero-order valence-electron chi connectivity index (χ0n) is 12.5. The van der Waals surface area contributed by atoms with Crippen molar-refractivity contribution in [1.29, 1.82) is 0 Å². The van der Waals surface area contributed by atoms with Crippen LogP contribution in [0.4, 0.5) is 0 Å². The van der Waals surface area contributed by atoms with Crippen LogP contribution in [-0.2, 0) is 17.9 Å². The van der Waals surface area contributed by atoms with E-state index in [1.54, 1.807) is 18.5 Å². The molecule has 1 atom stereocenters. The second kappa shape index (κ2) is 7.13. The molecule has 0 unspecified atom stereocenters. The van der Waals surface area contributed by atoms with Crippen molar-refractivity contribution in [1.82, 2.24) is 14.5 Å². The molecule has 0 amide bonds. The van der Waals surface area contributed by atoms with E-state index in [0.29, 0.717) is 17.5 Å². The third kappa shape index (κ3) is 3.80. The molecule has 0 saturated carbocycles. The van der Waals surface area contributed by atoms with Crippen molar-refractivity contribution in [2.45, 2.75) is 19.3 Å². The topological polar surface area (TPSA) is 77.2 Å². The molecule has 0 aliphatic heterocycles. The largest absolute Gasteiger partial charge is 0.389 e. The van der Waals surface area contributed by atoms with Crippen LogP contribution < -0.4 is 5.56 Å². The number of ether oxygens (including phenoxy) is 1. The molecule has 0 radical (unpaired) electrons. The number of fused-ring (bicyclic) bond motifs is 1. The van der Waals surface area contributed by atoms with Crippen molar-refractivity contribution in [3.8, 4) is 0 Å². The lowest BCUT2D eigenvalue weighted by molar-refractivity contribution is 0.0198. The van der Waals surface area contributed by atoms with Crippen LogP contribution >= 0.6 is 0 Å². The molecule has 118 valence electrons. The molecule has 3 aromatic rings. The lowest BCUT2D eigenvalue weighted by Gasteiger charge is -2.13. The SMILES string of the molecule is O=c1c2ccncc2ncn1C[C@H](O)COCc1ccccc1. The highest BCUT2D eigenvalue weighted by atomic mass is 16.5. The van der Waals surface area contributed by atoms with Gasteiger partial charge in [-0.1, -0.05) is 30.3 Å². The number of rotatable bonds is 6. The second-order valence-corrected chi connectivity index (χ2v) is 5.25. The van der Waals surface area contributed by atoms with E-state index in [0.717, 1.165) is 5.56 Å². The molecule has 0 saturated heterocycles. The van der Waals surface area contributed by atoms with Crippen molar-refractivity contribution in [3.05, 3.63) is 71.0 Å². The molecule has 2 heterocycles. The summed E-state index contributed by atoms with van der Waals surface area (Å²) in [5.41, 5.74) is 1.39. The fourth-order valence-corrected chi connectivity index (χ4v) is 2.31. The molecule has 23 heavy (non-hydrogen) atoms. The van der Waals surface area contributed by atoms with E-state index in [1.807, 2.05) is 30.3 Å². The summed E-state index contributed by atoms with van der Waals surface area (Å²) >= 11 is 0. The molecule has 3 rings (SSSR count). The van der Waals surface area contributed by atoms with Crippen LogP contribution in [0.3, 0.4) is 0 Å². The smallest absolute Gasteiger partial charge is 0.261 e. The van der Waals surface area contributed by atoms with Crippen molar-refractivity contribution >= 4 is 10.9 Å². The number of pyridine rings is 1. The Hall–Kier alpha value is -2.57. The summed E-state index contributed by atoms with van der Waals surface area (Å²) in [6.45, 7) is 0.711. The minimum absolute atomic E-state index is 0.138. The number of aliphatic hydroxyl groups excluding tert-OH is 1. The second-order valence-electron chi connectivity index (χ2n) is 5.25. The fourth-order valence-electron chi connectivity index (χ4n) is 2.31. The van der Waals surface area contributed by atoms with E-state index in [2.05, 4.69) is 9.97 Å². The van der Waals surface area contributed by atoms with Crippen LogP contribution in [0.5, 0.6) is 0 Å². The molecule has 6 nitrogen and oxygen atoms in total. The summed E-state index contributed by atoms with van der Waals surface area (Å²) in [4.78, 5) is 20.4. The Morgan fingerprint density at radius 1 is 1.22 bits per heavy atom. The first kappa shape index (κ1) is 15.3. The van der Waals surface area contributed by atoms with Crippen molar-refractivity contribution in [2.24, 2.45) is 0 Å². The lowest BCUT2D eigenvalue weighted by atomic mass is 10.2. The van der Waals surface area contributed by atoms with Gasteiger partial charge in [0.25, 0.3) is 5.56 Å². The third-order valence-corrected chi connectivity index (χ3v) is 3.46. The maximum Gasteiger partial charge on any atom is 0.261 e. The van der Waals surface area contributed by atoms with E-state index in [9.17, 15) is 9.90 Å². The van der Waals surface area contributed by atoms with Crippen LogP contribution in [0.1, 0.15) is 5.56 Å². The predicted octanol–water partition coefficient (Wildman–Crippen LogP) is 1.37. The number of nitrogens with zero attached hydrogens (tertiary/aromatic N) is 3. The fraction of sp³-hybridized carbons (Fsp3) is 0.235. The minimum Gasteiger partial charge on any atom is -0.389 e. The van der Waals surface area contributed by atoms with Crippen LogP contribution in [0, 0.1) is 0 Å². The summed E-state index contributed by atoms with van der Waals surface area (Å²) in [6.07, 6.45) is 3.74. The predicted molar refractivity (Wildman–Crippen MR) is 85.9 cm³/mol. The van der Waals surface area contributed by atoms with Gasteiger partial charge in [0, 0.05) is 6.20 Å². The third-order valence-electron chi connectivity index (χ3n) is 3.46. The first-order valence-corrected chi connectivity index (χ1v) is 7.33. The maximum absolute atomic E-state index is 12.3. The van der Waals surface area contributed by atoms with Crippen LogP contribution in [0.15, 0.2) is 59.9 Å². The van der Waals surface area contributed by atoms with Gasteiger partial charge in [0.15, 0.2) is 0 Å². The minimum atomic E-state index is -0.780. The van der Waals surface area contributed by atoms with Crippen LogP contribution in [-0.4, -0.2) is 32.4 Å². The number of hydrogen-bond acceptors (Lipinski definition) is 5. The van der Waals surface area contributed by atoms with Gasteiger partial charge in [-0.05, 0) is 11.6 Å². The van der Waals surface area contributed by atoms with Crippen LogP contribution in [0.2, 0.25) is 0 Å². The Labute approximate surface area is 133 Å². The molecule has 1 aromatic carbocycles. The van der Waals surface area contributed by atoms with E-state index in [-0.39, 0.29) is 18.7 Å². The number of benzene rings is 1. The number of aromatic nitrogens is 3. The first-order valence-electron chi connectivity index (χ1n) is 7.33. The van der Waals surface area contributed by atoms with E-state index in [1.165, 1.54) is 10.9 Å². The standard InChI is InChI=1S/C17H17N3O3/c21-14(11-23-10-13-4-2-1-3-5-13)9-20-12-19-16-8-18-7-6-15(16)17(20)22/h1-8,12,14,21H,9-11H2/t14-/m0/s1. The van der Waals surface area contributed by atoms with E-state index in [4.69, 9.17) is 4.74 Å². The zero-order valence-corrected chi connectivity index (χ0v) is 12.5. The summed E-state index contributed by atoms with van der Waals surface area (Å²) < 4.78 is 6.87. The van der Waals surface area contributed by atoms with E-state index < -0.39 is 6.10 Å². The van der Waals surface area contributed by atoms with Gasteiger partial charge in [-0.3, -0.25) is 14.3 Å². The van der Waals surface area contributed by atoms with Gasteiger partial charge in [-0.15, -0.1) is 0 Å². The molecule has 1 N–H and O–H groups in total. The molecule has 2 aromatic heterocycles. The normalized spacial score (nSPS) is 12.4. The van der Waals surface area contributed by atoms with Crippen molar-refractivity contribution in [3.63, 3.8) is 0 Å². The van der Waals surface area contributed by atoms with Gasteiger partial charge in [-0.25, -0.2) is 4.98 Å². The summed E-state index contributed by atoms with van der Waals surface area (Å²) in [7, 11) is 0. The monoisotopic (exact) mass is 311 g/mol. The lowest BCUT2D eigenvalue weighted by Crippen LogP contribution is -2.29. The molecule has 0 aliphatic carbocycles. The Kier molecular flexibility index (Phi) is 4.75. The average molecular weight is 311 g/mol. The van der Waals surface area contributed by atoms with Crippen LogP contribution in [0.25, 0.3) is 10.9 Å². The summed E-state index contributed by atoms with van der Waals surface area (Å²) in [6, 6.07) is 11.3. The average Bonchev–Trinajstić information content (AvgIpc) is 2.59. The summed E-state index contributed by atoms with van der Waals surface area (Å²) in [5.74, 6) is 0. The molecule has 0 fully saturated rings. The molecule has 0 spiro atoms. The Balaban J connectivity index is 1.60. The molecule has 0 bridgehead atoms. The van der Waals surface area contributed by atoms with Gasteiger partial charge in [0.05, 0.1) is 49.3 Å². The molecular formula is C17H17N3O3. The Bertz CT molecular complexity index is 833. The molecular weight excluding hydrogens is 294 g/mol. The molecule has 6 heteroatoms. The van der Waals surface area contributed by atoms with Gasteiger partial charge in [-0.2, -0.15) is 0 Å². The first-order chi connectivity index (χ1) is 11.2. The van der Waals surface area contributed by atoms with Gasteiger partial charge >= 0.3 is 0 Å². The van der Waals surface area contributed by atoms with Crippen molar-refractivity contribution in [2.75, 3.05) is 6.61 Å². The zero-order chi connectivity index (χ0) is 16.1. The van der Waals surface area contributed by atoms with Gasteiger partial charge < -0.3 is 9.84 Å². The van der Waals surface area contributed by atoms with Crippen molar-refractivity contribution < 1.29 is 9.84 Å². The summed E-state index contributed by atoms with van der Waals surface area (Å²) in [5, 5.41) is 10.5. The molecule has 0 aliphatic rings. The van der Waals surface area contributed by atoms with E-state index >= 15 is 0 Å². The van der Waals surface area contributed by atoms with Gasteiger partial charge in [0.1, 0.15) is 0 Å². The maximum atomic E-state index is 12.3. The van der Waals surface area contributed by atoms with Gasteiger partial charge in [0.2, 0.25) is 0 Å². The number of aliphatic hydroxyl groups is 1. The highest BCUT2D eigenvalue weighted by Crippen LogP contribution is 2.04.